The molecule has 0 fully saturated rings. The molecule has 2 N–H and O–H groups in total. The quantitative estimate of drug-likeness (QED) is 0.205. The molecule has 2 rings (SSSR count). The molecule has 0 saturated carbocycles. The molecule has 2 aromatic rings. The second kappa shape index (κ2) is 10.7. The zero-order valence-corrected chi connectivity index (χ0v) is 18.4. The van der Waals surface area contributed by atoms with Crippen molar-refractivity contribution >= 4 is 40.4 Å². The summed E-state index contributed by atoms with van der Waals surface area (Å²) in [4.78, 5) is 12.3. The fraction of sp³-hybridized carbons (Fsp3) is 0.273. The van der Waals surface area contributed by atoms with Crippen molar-refractivity contribution in [1.82, 2.24) is 5.32 Å². The van der Waals surface area contributed by atoms with Gasteiger partial charge in [-0.25, -0.2) is 0 Å². The second-order valence-corrected chi connectivity index (χ2v) is 7.71. The predicted molar refractivity (Wildman–Crippen MR) is 117 cm³/mol. The maximum absolute atomic E-state index is 13.7. The normalized spacial score (nSPS) is 12.7. The fourth-order valence-electron chi connectivity index (χ4n) is 2.90. The number of aryl methyl sites for hydroxylation is 1. The Balaban J connectivity index is 2.44. The first-order chi connectivity index (χ1) is 14.6. The molecule has 0 spiro atoms. The lowest BCUT2D eigenvalue weighted by Gasteiger charge is -2.14. The van der Waals surface area contributed by atoms with Gasteiger partial charge in [0.1, 0.15) is 5.71 Å². The molecule has 0 aliphatic rings. The molecule has 0 aromatic heterocycles. The van der Waals surface area contributed by atoms with Crippen LogP contribution in [-0.4, -0.2) is 29.5 Å². The minimum atomic E-state index is -4.77. The number of amides is 1. The third kappa shape index (κ3) is 6.74. The van der Waals surface area contributed by atoms with Gasteiger partial charge in [-0.1, -0.05) is 47.8 Å². The Kier molecular flexibility index (Phi) is 8.53. The van der Waals surface area contributed by atoms with Crippen molar-refractivity contribution in [2.75, 3.05) is 6.54 Å². The Morgan fingerprint density at radius 2 is 1.77 bits per heavy atom. The Labute approximate surface area is 188 Å². The summed E-state index contributed by atoms with van der Waals surface area (Å²) in [6.45, 7) is 4.18. The summed E-state index contributed by atoms with van der Waals surface area (Å²) < 4.78 is 41.2. The number of alkyl halides is 3. The summed E-state index contributed by atoms with van der Waals surface area (Å²) in [6, 6.07) is 7.95. The highest BCUT2D eigenvalue weighted by molar-refractivity contribution is 6.35. The van der Waals surface area contributed by atoms with Gasteiger partial charge in [-0.05, 0) is 60.9 Å². The molecule has 0 saturated heterocycles. The summed E-state index contributed by atoms with van der Waals surface area (Å²) in [7, 11) is 0. The minimum Gasteiger partial charge on any atom is -0.410 e. The van der Waals surface area contributed by atoms with E-state index >= 15 is 0 Å². The van der Waals surface area contributed by atoms with Crippen LogP contribution in [0.5, 0.6) is 0 Å². The van der Waals surface area contributed by atoms with Crippen LogP contribution in [0.15, 0.2) is 47.6 Å². The zero-order chi connectivity index (χ0) is 23.2. The molecule has 0 radical (unpaired) electrons. The van der Waals surface area contributed by atoms with Crippen molar-refractivity contribution in [3.05, 3.63) is 74.8 Å². The van der Waals surface area contributed by atoms with Gasteiger partial charge in [0.2, 0.25) is 0 Å². The first-order valence-electron chi connectivity index (χ1n) is 9.43. The number of carbonyl (C=O) groups is 1. The Morgan fingerprint density at radius 1 is 1.13 bits per heavy atom. The number of oxime groups is 1. The van der Waals surface area contributed by atoms with Crippen LogP contribution in [0.25, 0.3) is 5.57 Å². The van der Waals surface area contributed by atoms with Gasteiger partial charge in [-0.3, -0.25) is 4.79 Å². The summed E-state index contributed by atoms with van der Waals surface area (Å²) in [5, 5.41) is 15.3. The first-order valence-corrected chi connectivity index (χ1v) is 10.2. The van der Waals surface area contributed by atoms with Crippen LogP contribution in [0.4, 0.5) is 13.2 Å². The number of rotatable bonds is 7. The van der Waals surface area contributed by atoms with Crippen molar-refractivity contribution in [3.63, 3.8) is 0 Å². The Morgan fingerprint density at radius 3 is 2.29 bits per heavy atom. The molecule has 2 aromatic carbocycles. The third-order valence-corrected chi connectivity index (χ3v) is 4.89. The molecule has 1 amide bonds. The molecule has 0 heterocycles. The van der Waals surface area contributed by atoms with Crippen molar-refractivity contribution in [2.45, 2.75) is 32.9 Å². The molecule has 166 valence electrons. The smallest absolute Gasteiger partial charge is 0.410 e. The summed E-state index contributed by atoms with van der Waals surface area (Å²) in [5.41, 5.74) is -0.554. The van der Waals surface area contributed by atoms with Gasteiger partial charge in [0.05, 0.1) is 5.57 Å². The number of hydrogen-bond acceptors (Lipinski definition) is 3. The van der Waals surface area contributed by atoms with E-state index in [4.69, 9.17) is 23.2 Å². The van der Waals surface area contributed by atoms with E-state index in [9.17, 15) is 23.2 Å². The lowest BCUT2D eigenvalue weighted by atomic mass is 9.98. The monoisotopic (exact) mass is 472 g/mol. The average Bonchev–Trinajstić information content (AvgIpc) is 2.67. The van der Waals surface area contributed by atoms with Crippen LogP contribution >= 0.6 is 23.2 Å². The van der Waals surface area contributed by atoms with Crippen LogP contribution in [0.1, 0.15) is 46.8 Å². The second-order valence-electron chi connectivity index (χ2n) is 6.84. The van der Waals surface area contributed by atoms with E-state index in [1.165, 1.54) is 24.3 Å². The van der Waals surface area contributed by atoms with Gasteiger partial charge in [-0.15, -0.1) is 0 Å². The molecule has 31 heavy (non-hydrogen) atoms. The third-order valence-electron chi connectivity index (χ3n) is 4.45. The molecule has 0 bridgehead atoms. The number of halogens is 5. The van der Waals surface area contributed by atoms with Gasteiger partial charge in [0.15, 0.2) is 0 Å². The van der Waals surface area contributed by atoms with E-state index in [0.29, 0.717) is 23.7 Å². The SMILES string of the molecule is CCCCNC(=O)c1ccc(C(/C=C(\c2cc(Cl)cc(Cl)c2)C(F)(F)F)=N\O)cc1C. The van der Waals surface area contributed by atoms with E-state index in [-0.39, 0.29) is 32.8 Å². The van der Waals surface area contributed by atoms with E-state index < -0.39 is 11.7 Å². The highest BCUT2D eigenvalue weighted by atomic mass is 35.5. The zero-order valence-electron chi connectivity index (χ0n) is 16.9. The van der Waals surface area contributed by atoms with E-state index in [0.717, 1.165) is 25.0 Å². The largest absolute Gasteiger partial charge is 0.417 e. The van der Waals surface area contributed by atoms with Crippen LogP contribution in [0, 0.1) is 6.92 Å². The van der Waals surface area contributed by atoms with Crippen LogP contribution in [0.2, 0.25) is 10.0 Å². The minimum absolute atomic E-state index is 0.0365. The van der Waals surface area contributed by atoms with Crippen molar-refractivity contribution in [1.29, 1.82) is 0 Å². The van der Waals surface area contributed by atoms with Crippen molar-refractivity contribution in [2.24, 2.45) is 5.16 Å². The molecule has 4 nitrogen and oxygen atoms in total. The number of allylic oxidation sites excluding steroid dienone is 2. The summed E-state index contributed by atoms with van der Waals surface area (Å²) in [6.07, 6.45) is -2.29. The predicted octanol–water partition coefficient (Wildman–Crippen LogP) is 6.66. The number of unbranched alkanes of at least 4 members (excludes halogenated alkanes) is 1. The number of carbonyl (C=O) groups excluding carboxylic acids is 1. The number of benzene rings is 2. The maximum atomic E-state index is 13.7. The number of nitrogens with one attached hydrogen (secondary N) is 1. The highest BCUT2D eigenvalue weighted by Crippen LogP contribution is 2.36. The Bertz CT molecular complexity index is 998. The van der Waals surface area contributed by atoms with Crippen molar-refractivity contribution < 1.29 is 23.2 Å². The van der Waals surface area contributed by atoms with Crippen LogP contribution in [-0.2, 0) is 0 Å². The summed E-state index contributed by atoms with van der Waals surface area (Å²) >= 11 is 11.7. The van der Waals surface area contributed by atoms with Crippen molar-refractivity contribution in [3.8, 4) is 0 Å². The molecular formula is C22H21Cl2F3N2O2. The molecule has 9 heteroatoms. The highest BCUT2D eigenvalue weighted by Gasteiger charge is 2.35. The fourth-order valence-corrected chi connectivity index (χ4v) is 3.42. The van der Waals surface area contributed by atoms with E-state index in [1.807, 2.05) is 6.92 Å². The van der Waals surface area contributed by atoms with Gasteiger partial charge < -0.3 is 10.5 Å². The summed E-state index contributed by atoms with van der Waals surface area (Å²) in [5.74, 6) is -0.278. The number of nitrogens with zero attached hydrogens (tertiary/aromatic N) is 1. The standard InChI is InChI=1S/C22H21Cl2F3N2O2/c1-3-4-7-28-21(30)18-6-5-14(8-13(18)2)20(29-31)12-19(22(25,26)27)15-9-16(23)11-17(24)10-15/h5-6,8-12,31H,3-4,7H2,1-2H3,(H,28,30)/b19-12+,29-20-. The molecular weight excluding hydrogens is 452 g/mol. The molecule has 0 unspecified atom stereocenters. The van der Waals surface area contributed by atoms with Gasteiger partial charge in [0, 0.05) is 27.7 Å². The van der Waals surface area contributed by atoms with Gasteiger partial charge in [0.25, 0.3) is 5.91 Å². The van der Waals surface area contributed by atoms with E-state index in [2.05, 4.69) is 10.5 Å². The first kappa shape index (κ1) is 24.8. The van der Waals surface area contributed by atoms with Crippen LogP contribution in [0.3, 0.4) is 0 Å². The average molecular weight is 473 g/mol. The van der Waals surface area contributed by atoms with E-state index in [1.54, 1.807) is 6.92 Å². The molecule has 0 atom stereocenters. The lowest BCUT2D eigenvalue weighted by Crippen LogP contribution is -2.25. The maximum Gasteiger partial charge on any atom is 0.417 e. The molecule has 0 aliphatic heterocycles. The topological polar surface area (TPSA) is 61.7 Å². The lowest BCUT2D eigenvalue weighted by molar-refractivity contribution is -0.0688. The molecule has 0 aliphatic carbocycles. The van der Waals surface area contributed by atoms with Gasteiger partial charge in [-0.2, -0.15) is 13.2 Å². The Hall–Kier alpha value is -2.51. The number of hydrogen-bond donors (Lipinski definition) is 2. The van der Waals surface area contributed by atoms with Gasteiger partial charge >= 0.3 is 6.18 Å². The van der Waals surface area contributed by atoms with Crippen LogP contribution < -0.4 is 5.32 Å².